The quantitative estimate of drug-likeness (QED) is 0.132. The largest absolute Gasteiger partial charge is 0.394 e. The Bertz CT molecular complexity index is 270. The number of rotatable bonds is 23. The molecule has 0 saturated carbocycles. The minimum absolute atomic E-state index is 0.190. The van der Waals surface area contributed by atoms with Gasteiger partial charge in [0, 0.05) is 13.2 Å². The summed E-state index contributed by atoms with van der Waals surface area (Å²) in [5.74, 6) is 0. The Labute approximate surface area is 189 Å². The molecule has 182 valence electrons. The summed E-state index contributed by atoms with van der Waals surface area (Å²) in [6.45, 7) is 7.52. The SMILES string of the molecule is CCCCCCCCCCCCOCCCCCCCCCCCC.OCC1CO1. The Morgan fingerprint density at radius 3 is 1.10 bits per heavy atom. The molecule has 0 amide bonds. The summed E-state index contributed by atoms with van der Waals surface area (Å²) in [5, 5.41) is 8.08. The van der Waals surface area contributed by atoms with Crippen LogP contribution in [-0.4, -0.2) is 37.6 Å². The molecule has 0 aromatic carbocycles. The van der Waals surface area contributed by atoms with Crippen LogP contribution in [-0.2, 0) is 9.47 Å². The molecule has 3 nitrogen and oxygen atoms in total. The first kappa shape index (κ1) is 29.9. The van der Waals surface area contributed by atoms with Crippen molar-refractivity contribution in [2.75, 3.05) is 26.4 Å². The number of epoxide rings is 1. The molecule has 1 N–H and O–H groups in total. The van der Waals surface area contributed by atoms with Crippen LogP contribution in [0.4, 0.5) is 0 Å². The van der Waals surface area contributed by atoms with E-state index in [1.807, 2.05) is 0 Å². The second kappa shape index (κ2) is 26.9. The highest BCUT2D eigenvalue weighted by Crippen LogP contribution is 2.12. The van der Waals surface area contributed by atoms with E-state index in [-0.39, 0.29) is 12.7 Å². The monoisotopic (exact) mass is 428 g/mol. The fourth-order valence-electron chi connectivity index (χ4n) is 3.66. The van der Waals surface area contributed by atoms with Crippen molar-refractivity contribution in [3.05, 3.63) is 0 Å². The molecule has 1 fully saturated rings. The molecule has 30 heavy (non-hydrogen) atoms. The summed E-state index contributed by atoms with van der Waals surface area (Å²) in [6.07, 6.45) is 28.3. The zero-order valence-corrected chi connectivity index (χ0v) is 20.8. The first-order valence-corrected chi connectivity index (χ1v) is 13.6. The molecule has 1 saturated heterocycles. The summed E-state index contributed by atoms with van der Waals surface area (Å²) in [4.78, 5) is 0. The summed E-state index contributed by atoms with van der Waals surface area (Å²) < 4.78 is 10.4. The van der Waals surface area contributed by atoms with Gasteiger partial charge in [-0.2, -0.15) is 0 Å². The molecule has 0 spiro atoms. The minimum atomic E-state index is 0.190. The Hall–Kier alpha value is -0.120. The van der Waals surface area contributed by atoms with Gasteiger partial charge in [0.05, 0.1) is 13.2 Å². The molecule has 3 heteroatoms. The molecule has 1 atom stereocenters. The van der Waals surface area contributed by atoms with E-state index in [0.29, 0.717) is 0 Å². The maximum absolute atomic E-state index is 8.08. The van der Waals surface area contributed by atoms with Gasteiger partial charge in [0.25, 0.3) is 0 Å². The molecule has 1 heterocycles. The van der Waals surface area contributed by atoms with Gasteiger partial charge in [-0.1, -0.05) is 129 Å². The number of ether oxygens (including phenoxy) is 2. The number of aliphatic hydroxyl groups excluding tert-OH is 1. The van der Waals surface area contributed by atoms with Crippen molar-refractivity contribution >= 4 is 0 Å². The van der Waals surface area contributed by atoms with Gasteiger partial charge in [0.1, 0.15) is 6.10 Å². The van der Waals surface area contributed by atoms with Crippen LogP contribution in [0.5, 0.6) is 0 Å². The Balaban J connectivity index is 0.00000145. The summed E-state index contributed by atoms with van der Waals surface area (Å²) in [5.41, 5.74) is 0. The van der Waals surface area contributed by atoms with Crippen LogP contribution >= 0.6 is 0 Å². The number of unbranched alkanes of at least 4 members (excludes halogenated alkanes) is 18. The van der Waals surface area contributed by atoms with E-state index in [4.69, 9.17) is 9.84 Å². The van der Waals surface area contributed by atoms with Gasteiger partial charge in [0.15, 0.2) is 0 Å². The van der Waals surface area contributed by atoms with E-state index in [1.165, 1.54) is 128 Å². The number of aliphatic hydroxyl groups is 1. The van der Waals surface area contributed by atoms with Crippen molar-refractivity contribution < 1.29 is 14.6 Å². The van der Waals surface area contributed by atoms with Gasteiger partial charge < -0.3 is 14.6 Å². The van der Waals surface area contributed by atoms with Gasteiger partial charge in [-0.3, -0.25) is 0 Å². The maximum Gasteiger partial charge on any atom is 0.104 e. The Kier molecular flexibility index (Phi) is 26.8. The van der Waals surface area contributed by atoms with E-state index in [1.54, 1.807) is 0 Å². The van der Waals surface area contributed by atoms with Crippen LogP contribution in [0.1, 0.15) is 142 Å². The molecule has 1 rings (SSSR count). The van der Waals surface area contributed by atoms with Crippen LogP contribution in [0, 0.1) is 0 Å². The second-order valence-electron chi connectivity index (χ2n) is 9.11. The van der Waals surface area contributed by atoms with Gasteiger partial charge in [-0.15, -0.1) is 0 Å². The normalized spacial score (nSPS) is 15.1. The molecular formula is C27H56O3. The van der Waals surface area contributed by atoms with Crippen LogP contribution in [0.25, 0.3) is 0 Å². The predicted molar refractivity (Wildman–Crippen MR) is 131 cm³/mol. The van der Waals surface area contributed by atoms with E-state index < -0.39 is 0 Å². The molecule has 1 aliphatic heterocycles. The van der Waals surface area contributed by atoms with E-state index in [2.05, 4.69) is 18.6 Å². The fraction of sp³-hybridized carbons (Fsp3) is 1.00. The van der Waals surface area contributed by atoms with Crippen LogP contribution in [0.3, 0.4) is 0 Å². The van der Waals surface area contributed by atoms with Gasteiger partial charge in [-0.25, -0.2) is 0 Å². The van der Waals surface area contributed by atoms with Crippen LogP contribution < -0.4 is 0 Å². The van der Waals surface area contributed by atoms with Crippen molar-refractivity contribution in [3.8, 4) is 0 Å². The van der Waals surface area contributed by atoms with Crippen molar-refractivity contribution in [2.24, 2.45) is 0 Å². The maximum atomic E-state index is 8.08. The van der Waals surface area contributed by atoms with Gasteiger partial charge in [-0.05, 0) is 12.8 Å². The standard InChI is InChI=1S/C24H50O.C3H6O2/c1-3-5-7-9-11-13-15-17-19-21-23-25-24-22-20-18-16-14-12-10-8-6-4-2;4-1-3-2-5-3/h3-24H2,1-2H3;3-4H,1-2H2. The average Bonchev–Trinajstić information content (AvgIpc) is 3.60. The lowest BCUT2D eigenvalue weighted by atomic mass is 10.1. The molecule has 1 aliphatic rings. The van der Waals surface area contributed by atoms with Crippen molar-refractivity contribution in [1.29, 1.82) is 0 Å². The summed E-state index contributed by atoms with van der Waals surface area (Å²) in [6, 6.07) is 0. The summed E-state index contributed by atoms with van der Waals surface area (Å²) in [7, 11) is 0. The molecular weight excluding hydrogens is 372 g/mol. The first-order valence-electron chi connectivity index (χ1n) is 13.6. The third kappa shape index (κ3) is 27.9. The summed E-state index contributed by atoms with van der Waals surface area (Å²) >= 11 is 0. The molecule has 0 aliphatic carbocycles. The highest BCUT2D eigenvalue weighted by Gasteiger charge is 2.19. The van der Waals surface area contributed by atoms with Gasteiger partial charge >= 0.3 is 0 Å². The van der Waals surface area contributed by atoms with E-state index >= 15 is 0 Å². The highest BCUT2D eigenvalue weighted by molar-refractivity contribution is 4.65. The fourth-order valence-corrected chi connectivity index (χ4v) is 3.66. The van der Waals surface area contributed by atoms with Crippen LogP contribution in [0.2, 0.25) is 0 Å². The zero-order chi connectivity index (χ0) is 22.0. The number of hydrogen-bond donors (Lipinski definition) is 1. The van der Waals surface area contributed by atoms with Crippen LogP contribution in [0.15, 0.2) is 0 Å². The topological polar surface area (TPSA) is 42.0 Å². The molecule has 1 unspecified atom stereocenters. The first-order chi connectivity index (χ1) is 14.8. The average molecular weight is 429 g/mol. The predicted octanol–water partition coefficient (Wildman–Crippen LogP) is 8.22. The lowest BCUT2D eigenvalue weighted by Gasteiger charge is -2.05. The Morgan fingerprint density at radius 1 is 0.567 bits per heavy atom. The zero-order valence-electron chi connectivity index (χ0n) is 20.8. The minimum Gasteiger partial charge on any atom is -0.394 e. The van der Waals surface area contributed by atoms with E-state index in [0.717, 1.165) is 19.8 Å². The van der Waals surface area contributed by atoms with E-state index in [9.17, 15) is 0 Å². The molecule has 0 aromatic rings. The Morgan fingerprint density at radius 2 is 0.867 bits per heavy atom. The third-order valence-electron chi connectivity index (χ3n) is 5.89. The van der Waals surface area contributed by atoms with Crippen molar-refractivity contribution in [2.45, 2.75) is 148 Å². The molecule has 0 aromatic heterocycles. The van der Waals surface area contributed by atoms with Crippen molar-refractivity contribution in [3.63, 3.8) is 0 Å². The highest BCUT2D eigenvalue weighted by atomic mass is 16.6. The van der Waals surface area contributed by atoms with Crippen molar-refractivity contribution in [1.82, 2.24) is 0 Å². The number of hydrogen-bond acceptors (Lipinski definition) is 3. The smallest absolute Gasteiger partial charge is 0.104 e. The molecule has 0 radical (unpaired) electrons. The second-order valence-corrected chi connectivity index (χ2v) is 9.11. The molecule has 0 bridgehead atoms. The lowest BCUT2D eigenvalue weighted by Crippen LogP contribution is -1.97. The third-order valence-corrected chi connectivity index (χ3v) is 5.89. The lowest BCUT2D eigenvalue weighted by molar-refractivity contribution is 0.125. The van der Waals surface area contributed by atoms with Gasteiger partial charge in [0.2, 0.25) is 0 Å².